The number of aliphatic hydroxyl groups is 2. The van der Waals surface area contributed by atoms with E-state index in [2.05, 4.69) is 48.5 Å². The molecule has 3 rings (SSSR count). The van der Waals surface area contributed by atoms with Crippen molar-refractivity contribution in [1.29, 1.82) is 0 Å². The van der Waals surface area contributed by atoms with Gasteiger partial charge in [-0.3, -0.25) is 0 Å². The molecule has 3 heteroatoms. The minimum atomic E-state index is -0.125. The molecule has 0 aliphatic heterocycles. The summed E-state index contributed by atoms with van der Waals surface area (Å²) in [5.41, 5.74) is 5.59. The molecule has 2 aromatic carbocycles. The first kappa shape index (κ1) is 17.4. The molecule has 0 unspecified atom stereocenters. The normalized spacial score (nSPS) is 9.90. The zero-order valence-corrected chi connectivity index (χ0v) is 12.7. The fourth-order valence-electron chi connectivity index (χ4n) is 2.05. The molecule has 2 aromatic rings. The van der Waals surface area contributed by atoms with Crippen LogP contribution in [0.4, 0.5) is 0 Å². The number of ether oxygens (including phenoxy) is 1. The average Bonchev–Trinajstić information content (AvgIpc) is 2.54. The van der Waals surface area contributed by atoms with Gasteiger partial charge in [0.15, 0.2) is 0 Å². The highest BCUT2D eigenvalue weighted by atomic mass is 16.5. The third-order valence-electron chi connectivity index (χ3n) is 2.94. The Morgan fingerprint density at radius 1 is 0.667 bits per heavy atom. The second-order valence-corrected chi connectivity index (χ2v) is 4.32. The topological polar surface area (TPSA) is 49.7 Å². The summed E-state index contributed by atoms with van der Waals surface area (Å²) in [6.07, 6.45) is 0. The lowest BCUT2D eigenvalue weighted by Gasteiger charge is -2.22. The van der Waals surface area contributed by atoms with Gasteiger partial charge in [-0.2, -0.15) is 0 Å². The van der Waals surface area contributed by atoms with Gasteiger partial charge in [-0.05, 0) is 36.1 Å². The molecule has 114 valence electrons. The van der Waals surface area contributed by atoms with Crippen LogP contribution in [0, 0.1) is 0 Å². The smallest absolute Gasteiger partial charge is 0.0662 e. The van der Waals surface area contributed by atoms with Crippen molar-refractivity contribution in [1.82, 2.24) is 0 Å². The summed E-state index contributed by atoms with van der Waals surface area (Å²) in [6, 6.07) is 17.1. The van der Waals surface area contributed by atoms with Gasteiger partial charge in [-0.25, -0.2) is 0 Å². The van der Waals surface area contributed by atoms with Gasteiger partial charge in [0.1, 0.15) is 0 Å². The van der Waals surface area contributed by atoms with E-state index in [4.69, 9.17) is 14.9 Å². The Hall–Kier alpha value is -1.68. The number of rotatable bonds is 3. The van der Waals surface area contributed by atoms with Crippen LogP contribution in [0.15, 0.2) is 48.5 Å². The van der Waals surface area contributed by atoms with Gasteiger partial charge in [0.05, 0.1) is 13.2 Å². The molecule has 0 saturated carbocycles. The number of fused-ring (bicyclic) bond motifs is 4. The maximum absolute atomic E-state index is 7.62. The number of hydrogen-bond donors (Lipinski definition) is 2. The van der Waals surface area contributed by atoms with E-state index in [1.54, 1.807) is 0 Å². The Morgan fingerprint density at radius 2 is 0.952 bits per heavy atom. The van der Waals surface area contributed by atoms with E-state index in [-0.39, 0.29) is 13.2 Å². The summed E-state index contributed by atoms with van der Waals surface area (Å²) in [7, 11) is 0. The molecule has 0 radical (unpaired) electrons. The standard InChI is InChI=1S/C12H8.C4H10O.C2H6O2/c1-2-6-10-9(5-1)11-7-3-4-8-12(10)11;1-3-5-4-2;3-1-2-4/h1-8H;3-4H2,1-2H3;3-4H,1-2H2. The van der Waals surface area contributed by atoms with E-state index in [0.29, 0.717) is 0 Å². The number of benzene rings is 2. The predicted octanol–water partition coefficient (Wildman–Crippen LogP) is 3.35. The Labute approximate surface area is 126 Å². The van der Waals surface area contributed by atoms with Crippen molar-refractivity contribution in [2.24, 2.45) is 0 Å². The van der Waals surface area contributed by atoms with Gasteiger partial charge >= 0.3 is 0 Å². The number of aliphatic hydroxyl groups excluding tert-OH is 2. The Bertz CT molecular complexity index is 419. The van der Waals surface area contributed by atoms with Crippen LogP contribution in [0.1, 0.15) is 13.8 Å². The van der Waals surface area contributed by atoms with Crippen LogP contribution in [-0.4, -0.2) is 36.6 Å². The third kappa shape index (κ3) is 4.97. The largest absolute Gasteiger partial charge is 0.394 e. The first-order chi connectivity index (χ1) is 10.3. The van der Waals surface area contributed by atoms with Crippen LogP contribution >= 0.6 is 0 Å². The molecule has 0 atom stereocenters. The van der Waals surface area contributed by atoms with Crippen molar-refractivity contribution < 1.29 is 14.9 Å². The first-order valence-electron chi connectivity index (χ1n) is 7.28. The van der Waals surface area contributed by atoms with Gasteiger partial charge in [0, 0.05) is 13.2 Å². The van der Waals surface area contributed by atoms with E-state index < -0.39 is 0 Å². The predicted molar refractivity (Wildman–Crippen MR) is 87.2 cm³/mol. The van der Waals surface area contributed by atoms with Crippen molar-refractivity contribution in [3.05, 3.63) is 48.5 Å². The van der Waals surface area contributed by atoms with Gasteiger partial charge in [-0.1, -0.05) is 48.5 Å². The molecule has 0 bridgehead atoms. The summed E-state index contributed by atoms with van der Waals surface area (Å²) in [5.74, 6) is 0. The van der Waals surface area contributed by atoms with E-state index in [9.17, 15) is 0 Å². The fourth-order valence-corrected chi connectivity index (χ4v) is 2.05. The quantitative estimate of drug-likeness (QED) is 0.777. The maximum Gasteiger partial charge on any atom is 0.0662 e. The fraction of sp³-hybridized carbons (Fsp3) is 0.333. The maximum atomic E-state index is 7.62. The molecule has 0 saturated heterocycles. The highest BCUT2D eigenvalue weighted by Gasteiger charge is 2.19. The van der Waals surface area contributed by atoms with E-state index in [1.165, 1.54) is 22.3 Å². The molecule has 0 fully saturated rings. The van der Waals surface area contributed by atoms with Gasteiger partial charge in [0.2, 0.25) is 0 Å². The highest BCUT2D eigenvalue weighted by Crippen LogP contribution is 2.46. The zero-order chi connectivity index (χ0) is 15.5. The highest BCUT2D eigenvalue weighted by molar-refractivity contribution is 6.02. The Kier molecular flexibility index (Phi) is 8.36. The van der Waals surface area contributed by atoms with E-state index in [0.717, 1.165) is 13.2 Å². The van der Waals surface area contributed by atoms with Crippen molar-refractivity contribution in [3.63, 3.8) is 0 Å². The summed E-state index contributed by atoms with van der Waals surface area (Å²) in [5, 5.41) is 15.2. The van der Waals surface area contributed by atoms with Gasteiger partial charge in [-0.15, -0.1) is 0 Å². The summed E-state index contributed by atoms with van der Waals surface area (Å²) < 4.78 is 4.83. The molecular formula is C18H24O3. The molecular weight excluding hydrogens is 264 g/mol. The van der Waals surface area contributed by atoms with Crippen molar-refractivity contribution >= 4 is 0 Å². The summed E-state index contributed by atoms with van der Waals surface area (Å²) in [4.78, 5) is 0. The lowest BCUT2D eigenvalue weighted by atomic mass is 9.81. The van der Waals surface area contributed by atoms with Crippen LogP contribution in [0.2, 0.25) is 0 Å². The van der Waals surface area contributed by atoms with Crippen molar-refractivity contribution in [2.75, 3.05) is 26.4 Å². The second-order valence-electron chi connectivity index (χ2n) is 4.32. The Morgan fingerprint density at radius 3 is 1.10 bits per heavy atom. The van der Waals surface area contributed by atoms with Crippen molar-refractivity contribution in [2.45, 2.75) is 13.8 Å². The van der Waals surface area contributed by atoms with E-state index in [1.807, 2.05) is 13.8 Å². The van der Waals surface area contributed by atoms with Crippen LogP contribution in [0.25, 0.3) is 22.3 Å². The molecule has 21 heavy (non-hydrogen) atoms. The summed E-state index contributed by atoms with van der Waals surface area (Å²) in [6.45, 7) is 5.42. The molecule has 1 aliphatic carbocycles. The van der Waals surface area contributed by atoms with Crippen LogP contribution in [-0.2, 0) is 4.74 Å². The minimum Gasteiger partial charge on any atom is -0.394 e. The zero-order valence-electron chi connectivity index (χ0n) is 12.7. The Balaban J connectivity index is 0.000000208. The molecule has 0 spiro atoms. The van der Waals surface area contributed by atoms with Crippen LogP contribution < -0.4 is 0 Å². The molecule has 0 aromatic heterocycles. The molecule has 0 heterocycles. The summed E-state index contributed by atoms with van der Waals surface area (Å²) >= 11 is 0. The van der Waals surface area contributed by atoms with Crippen LogP contribution in [0.3, 0.4) is 0 Å². The molecule has 2 N–H and O–H groups in total. The lowest BCUT2D eigenvalue weighted by molar-refractivity contribution is 0.162. The molecule has 1 aliphatic rings. The van der Waals surface area contributed by atoms with Crippen LogP contribution in [0.5, 0.6) is 0 Å². The monoisotopic (exact) mass is 288 g/mol. The molecule has 3 nitrogen and oxygen atoms in total. The minimum absolute atomic E-state index is 0.125. The van der Waals surface area contributed by atoms with Gasteiger partial charge in [0.25, 0.3) is 0 Å². The molecule has 0 amide bonds. The first-order valence-corrected chi connectivity index (χ1v) is 7.28. The van der Waals surface area contributed by atoms with E-state index >= 15 is 0 Å². The van der Waals surface area contributed by atoms with Crippen molar-refractivity contribution in [3.8, 4) is 22.3 Å². The SMILES string of the molecule is CCOCC.OCCO.c1ccc2c(c1)-c1ccccc1-2. The average molecular weight is 288 g/mol. The van der Waals surface area contributed by atoms with Gasteiger partial charge < -0.3 is 14.9 Å². The lowest BCUT2D eigenvalue weighted by Crippen LogP contribution is -1.96. The number of hydrogen-bond acceptors (Lipinski definition) is 3. The third-order valence-corrected chi connectivity index (χ3v) is 2.94. The second kappa shape index (κ2) is 10.1.